The van der Waals surface area contributed by atoms with Crippen LogP contribution in [0.5, 0.6) is 11.5 Å². The first kappa shape index (κ1) is 14.3. The summed E-state index contributed by atoms with van der Waals surface area (Å²) in [6.07, 6.45) is 0. The first-order valence-electron chi connectivity index (χ1n) is 5.84. The lowest BCUT2D eigenvalue weighted by Crippen LogP contribution is -2.42. The molecule has 4 N–H and O–H groups in total. The van der Waals surface area contributed by atoms with Gasteiger partial charge in [0.1, 0.15) is 17.5 Å². The first-order valence-corrected chi connectivity index (χ1v) is 5.84. The quantitative estimate of drug-likeness (QED) is 0.643. The van der Waals surface area contributed by atoms with E-state index in [9.17, 15) is 15.0 Å². The minimum absolute atomic E-state index is 0.0529. The molecule has 100 valence electrons. The van der Waals surface area contributed by atoms with Crippen molar-refractivity contribution >= 4 is 5.97 Å². The molecule has 1 aromatic rings. The maximum absolute atomic E-state index is 11.1. The van der Waals surface area contributed by atoms with E-state index < -0.39 is 18.1 Å². The molecule has 2 atom stereocenters. The number of carbonyl (C=O) groups is 1. The molecule has 1 rings (SSSR count). The largest absolute Gasteiger partial charge is 0.507 e. The molecular weight excluding hydrogens is 234 g/mol. The van der Waals surface area contributed by atoms with Crippen molar-refractivity contribution in [2.45, 2.75) is 32.9 Å². The van der Waals surface area contributed by atoms with Crippen molar-refractivity contribution in [3.8, 4) is 11.5 Å². The minimum Gasteiger partial charge on any atom is -0.507 e. The van der Waals surface area contributed by atoms with Crippen LogP contribution in [-0.2, 0) is 4.79 Å². The summed E-state index contributed by atoms with van der Waals surface area (Å²) in [4.78, 5) is 11.1. The van der Waals surface area contributed by atoms with Gasteiger partial charge in [0, 0.05) is 6.04 Å². The fourth-order valence-electron chi connectivity index (χ4n) is 1.89. The van der Waals surface area contributed by atoms with Crippen molar-refractivity contribution in [3.63, 3.8) is 0 Å². The van der Waals surface area contributed by atoms with E-state index in [1.165, 1.54) is 18.2 Å². The van der Waals surface area contributed by atoms with Crippen LogP contribution >= 0.6 is 0 Å². The third-order valence-electron chi connectivity index (χ3n) is 2.86. The van der Waals surface area contributed by atoms with Gasteiger partial charge in [-0.3, -0.25) is 10.1 Å². The second-order valence-corrected chi connectivity index (χ2v) is 4.66. The van der Waals surface area contributed by atoms with E-state index in [1.54, 1.807) is 20.8 Å². The van der Waals surface area contributed by atoms with Crippen molar-refractivity contribution in [2.75, 3.05) is 0 Å². The maximum Gasteiger partial charge on any atom is 0.320 e. The summed E-state index contributed by atoms with van der Waals surface area (Å²) in [5.41, 5.74) is 0.310. The highest BCUT2D eigenvalue weighted by atomic mass is 16.4. The summed E-state index contributed by atoms with van der Waals surface area (Å²) in [7, 11) is 0. The molecule has 0 spiro atoms. The van der Waals surface area contributed by atoms with Crippen molar-refractivity contribution < 1.29 is 20.1 Å². The molecule has 0 fully saturated rings. The Morgan fingerprint density at radius 2 is 1.67 bits per heavy atom. The molecule has 0 amide bonds. The van der Waals surface area contributed by atoms with Crippen LogP contribution in [0.4, 0.5) is 0 Å². The summed E-state index contributed by atoms with van der Waals surface area (Å²) in [6.45, 7) is 5.29. The zero-order chi connectivity index (χ0) is 13.9. The zero-order valence-corrected chi connectivity index (χ0v) is 10.7. The molecule has 0 saturated carbocycles. The van der Waals surface area contributed by atoms with Gasteiger partial charge in [0.2, 0.25) is 0 Å². The molecule has 0 bridgehead atoms. The van der Waals surface area contributed by atoms with Crippen LogP contribution in [0.15, 0.2) is 18.2 Å². The Labute approximate surface area is 106 Å². The fourth-order valence-corrected chi connectivity index (χ4v) is 1.89. The van der Waals surface area contributed by atoms with Crippen LogP contribution < -0.4 is 5.32 Å². The lowest BCUT2D eigenvalue weighted by molar-refractivity contribution is -0.140. The van der Waals surface area contributed by atoms with E-state index in [-0.39, 0.29) is 17.4 Å². The summed E-state index contributed by atoms with van der Waals surface area (Å²) in [6, 6.07) is 3.24. The fraction of sp³-hybridized carbons (Fsp3) is 0.462. The van der Waals surface area contributed by atoms with Gasteiger partial charge in [0.05, 0.1) is 5.56 Å². The predicted molar refractivity (Wildman–Crippen MR) is 67.6 cm³/mol. The Bertz CT molecular complexity index is 411. The number of carboxylic acids is 1. The molecule has 0 aliphatic carbocycles. The Hall–Kier alpha value is -1.75. The van der Waals surface area contributed by atoms with E-state index in [2.05, 4.69) is 5.32 Å². The molecule has 2 unspecified atom stereocenters. The van der Waals surface area contributed by atoms with Gasteiger partial charge in [0.25, 0.3) is 0 Å². The summed E-state index contributed by atoms with van der Waals surface area (Å²) in [5.74, 6) is -1.16. The number of benzene rings is 1. The van der Waals surface area contributed by atoms with Gasteiger partial charge in [-0.2, -0.15) is 0 Å². The molecule has 18 heavy (non-hydrogen) atoms. The van der Waals surface area contributed by atoms with Crippen LogP contribution in [0.3, 0.4) is 0 Å². The number of nitrogens with one attached hydrogen (secondary N) is 1. The van der Waals surface area contributed by atoms with E-state index in [1.807, 2.05) is 0 Å². The zero-order valence-electron chi connectivity index (χ0n) is 10.7. The topological polar surface area (TPSA) is 89.8 Å². The predicted octanol–water partition coefficient (Wildman–Crippen LogP) is 1.86. The van der Waals surface area contributed by atoms with Crippen LogP contribution in [-0.4, -0.2) is 27.3 Å². The van der Waals surface area contributed by atoms with E-state index >= 15 is 0 Å². The average molecular weight is 253 g/mol. The van der Waals surface area contributed by atoms with Crippen LogP contribution in [0.2, 0.25) is 0 Å². The summed E-state index contributed by atoms with van der Waals surface area (Å²) < 4.78 is 0. The molecular formula is C13H19NO4. The van der Waals surface area contributed by atoms with Gasteiger partial charge in [0.15, 0.2) is 0 Å². The van der Waals surface area contributed by atoms with E-state index in [4.69, 9.17) is 5.11 Å². The van der Waals surface area contributed by atoms with Gasteiger partial charge in [-0.1, -0.05) is 19.9 Å². The molecule has 1 aromatic carbocycles. The lowest BCUT2D eigenvalue weighted by Gasteiger charge is -2.24. The number of rotatable bonds is 5. The monoisotopic (exact) mass is 253 g/mol. The Balaban J connectivity index is 2.94. The minimum atomic E-state index is -0.952. The van der Waals surface area contributed by atoms with Crippen molar-refractivity contribution in [1.82, 2.24) is 5.32 Å². The van der Waals surface area contributed by atoms with Gasteiger partial charge in [-0.05, 0) is 25.0 Å². The normalized spacial score (nSPS) is 14.4. The number of phenols is 2. The van der Waals surface area contributed by atoms with Crippen molar-refractivity contribution in [2.24, 2.45) is 5.92 Å². The highest BCUT2D eigenvalue weighted by Gasteiger charge is 2.25. The molecule has 0 saturated heterocycles. The number of carboxylic acid groups (broad SMARTS) is 1. The van der Waals surface area contributed by atoms with Gasteiger partial charge >= 0.3 is 5.97 Å². The van der Waals surface area contributed by atoms with Crippen LogP contribution in [0.1, 0.15) is 32.4 Å². The first-order chi connectivity index (χ1) is 8.34. The highest BCUT2D eigenvalue weighted by Crippen LogP contribution is 2.32. The molecule has 0 aliphatic heterocycles. The maximum atomic E-state index is 11.1. The standard InChI is InChI=1S/C13H19NO4/c1-7(2)12(13(17)18)14-8(3)11-9(15)5-4-6-10(11)16/h4-8,12,14-16H,1-3H3,(H,17,18). The van der Waals surface area contributed by atoms with Gasteiger partial charge < -0.3 is 15.3 Å². The third-order valence-corrected chi connectivity index (χ3v) is 2.86. The van der Waals surface area contributed by atoms with Gasteiger partial charge in [-0.25, -0.2) is 0 Å². The molecule has 0 aliphatic rings. The van der Waals surface area contributed by atoms with Crippen LogP contribution in [0.25, 0.3) is 0 Å². The number of hydrogen-bond acceptors (Lipinski definition) is 4. The smallest absolute Gasteiger partial charge is 0.320 e. The Kier molecular flexibility index (Phi) is 4.55. The van der Waals surface area contributed by atoms with Gasteiger partial charge in [-0.15, -0.1) is 0 Å². The highest BCUT2D eigenvalue weighted by molar-refractivity contribution is 5.73. The summed E-state index contributed by atoms with van der Waals surface area (Å²) >= 11 is 0. The molecule has 0 radical (unpaired) electrons. The summed E-state index contributed by atoms with van der Waals surface area (Å²) in [5, 5.41) is 31.4. The van der Waals surface area contributed by atoms with E-state index in [0.29, 0.717) is 5.56 Å². The SMILES string of the molecule is CC(NC(C(=O)O)C(C)C)c1c(O)cccc1O. The third kappa shape index (κ3) is 3.13. The second-order valence-electron chi connectivity index (χ2n) is 4.66. The molecule has 5 nitrogen and oxygen atoms in total. The molecule has 5 heteroatoms. The Morgan fingerprint density at radius 1 is 1.17 bits per heavy atom. The lowest BCUT2D eigenvalue weighted by atomic mass is 10.00. The Morgan fingerprint density at radius 3 is 2.06 bits per heavy atom. The van der Waals surface area contributed by atoms with Crippen LogP contribution in [0, 0.1) is 5.92 Å². The average Bonchev–Trinajstić information content (AvgIpc) is 2.24. The van der Waals surface area contributed by atoms with Crippen molar-refractivity contribution in [3.05, 3.63) is 23.8 Å². The number of aliphatic carboxylic acids is 1. The number of hydrogen-bond donors (Lipinski definition) is 4. The molecule has 0 heterocycles. The second kappa shape index (κ2) is 5.73. The van der Waals surface area contributed by atoms with Crippen molar-refractivity contribution in [1.29, 1.82) is 0 Å². The number of phenolic OH excluding ortho intramolecular Hbond substituents is 2. The number of aromatic hydroxyl groups is 2. The van der Waals surface area contributed by atoms with E-state index in [0.717, 1.165) is 0 Å². The molecule has 0 aromatic heterocycles.